The van der Waals surface area contributed by atoms with Crippen molar-refractivity contribution < 1.29 is 4.79 Å². The Morgan fingerprint density at radius 3 is 2.64 bits per heavy atom. The molecular formula is C17H19N5OS2. The van der Waals surface area contributed by atoms with Crippen molar-refractivity contribution in [3.63, 3.8) is 0 Å². The number of nitrogens with two attached hydrogens (primary N) is 1. The largest absolute Gasteiger partial charge is 0.335 e. The fourth-order valence-corrected chi connectivity index (χ4v) is 3.99. The molecule has 0 bridgehead atoms. The second-order valence-corrected chi connectivity index (χ2v) is 7.65. The summed E-state index contributed by atoms with van der Waals surface area (Å²) in [4.78, 5) is 13.2. The molecule has 0 radical (unpaired) electrons. The van der Waals surface area contributed by atoms with Gasteiger partial charge < -0.3 is 11.2 Å². The van der Waals surface area contributed by atoms with Crippen LogP contribution in [0.2, 0.25) is 0 Å². The predicted molar refractivity (Wildman–Crippen MR) is 103 cm³/mol. The number of aryl methyl sites for hydroxylation is 3. The molecule has 0 aliphatic heterocycles. The van der Waals surface area contributed by atoms with E-state index < -0.39 is 0 Å². The van der Waals surface area contributed by atoms with Gasteiger partial charge in [0.05, 0.1) is 10.6 Å². The van der Waals surface area contributed by atoms with Crippen molar-refractivity contribution in [3.05, 3.63) is 46.3 Å². The molecule has 0 saturated heterocycles. The lowest BCUT2D eigenvalue weighted by Gasteiger charge is -2.12. The molecule has 0 spiro atoms. The van der Waals surface area contributed by atoms with E-state index >= 15 is 0 Å². The zero-order valence-electron chi connectivity index (χ0n) is 14.2. The van der Waals surface area contributed by atoms with E-state index in [1.165, 1.54) is 22.0 Å². The molecule has 3 rings (SSSR count). The van der Waals surface area contributed by atoms with Gasteiger partial charge in [0.25, 0.3) is 0 Å². The van der Waals surface area contributed by atoms with E-state index in [4.69, 9.17) is 5.84 Å². The van der Waals surface area contributed by atoms with Gasteiger partial charge in [-0.2, -0.15) is 0 Å². The molecule has 2 heterocycles. The van der Waals surface area contributed by atoms with Gasteiger partial charge in [-0.15, -0.1) is 21.5 Å². The standard InChI is InChI=1S/C17H19N5OS2/c1-10-7-11(2)15(12(3)8-10)19-14(23)9-25-17-21-20-16(22(17)18)13-5-4-6-24-13/h4-8H,9,18H2,1-3H3,(H,19,23). The SMILES string of the molecule is Cc1cc(C)c(NC(=O)CSc2nnc(-c3cccs3)n2N)c(C)c1. The number of anilines is 1. The van der Waals surface area contributed by atoms with Crippen LogP contribution in [0.15, 0.2) is 34.8 Å². The number of carbonyl (C=O) groups excluding carboxylic acids is 1. The summed E-state index contributed by atoms with van der Waals surface area (Å²) < 4.78 is 1.42. The van der Waals surface area contributed by atoms with Crippen LogP contribution in [0, 0.1) is 20.8 Å². The molecule has 6 nitrogen and oxygen atoms in total. The first-order valence-electron chi connectivity index (χ1n) is 7.70. The Kier molecular flexibility index (Phi) is 5.10. The molecule has 0 unspecified atom stereocenters. The Labute approximate surface area is 154 Å². The third-order valence-corrected chi connectivity index (χ3v) is 5.49. The fourth-order valence-electron chi connectivity index (χ4n) is 2.63. The molecule has 1 aromatic carbocycles. The van der Waals surface area contributed by atoms with Crippen LogP contribution in [0.3, 0.4) is 0 Å². The lowest BCUT2D eigenvalue weighted by molar-refractivity contribution is -0.113. The lowest BCUT2D eigenvalue weighted by Crippen LogP contribution is -2.17. The number of thiophene rings is 1. The monoisotopic (exact) mass is 373 g/mol. The van der Waals surface area contributed by atoms with E-state index in [2.05, 4.69) is 27.6 Å². The van der Waals surface area contributed by atoms with Crippen LogP contribution < -0.4 is 11.2 Å². The maximum Gasteiger partial charge on any atom is 0.234 e. The molecule has 130 valence electrons. The Balaban J connectivity index is 1.66. The van der Waals surface area contributed by atoms with E-state index in [0.29, 0.717) is 11.0 Å². The minimum absolute atomic E-state index is 0.0965. The van der Waals surface area contributed by atoms with Crippen molar-refractivity contribution in [3.8, 4) is 10.7 Å². The maximum atomic E-state index is 12.3. The average molecular weight is 374 g/mol. The van der Waals surface area contributed by atoms with Gasteiger partial charge in [-0.3, -0.25) is 4.79 Å². The number of rotatable bonds is 5. The van der Waals surface area contributed by atoms with E-state index in [1.807, 2.05) is 38.3 Å². The van der Waals surface area contributed by atoms with Crippen LogP contribution >= 0.6 is 23.1 Å². The van der Waals surface area contributed by atoms with Crippen molar-refractivity contribution in [2.24, 2.45) is 0 Å². The van der Waals surface area contributed by atoms with Crippen molar-refractivity contribution in [2.75, 3.05) is 16.9 Å². The molecule has 25 heavy (non-hydrogen) atoms. The van der Waals surface area contributed by atoms with Crippen molar-refractivity contribution >= 4 is 34.7 Å². The summed E-state index contributed by atoms with van der Waals surface area (Å²) in [6.07, 6.45) is 0. The molecule has 0 aliphatic rings. The van der Waals surface area contributed by atoms with E-state index in [9.17, 15) is 4.79 Å². The molecule has 3 aromatic rings. The Morgan fingerprint density at radius 1 is 1.28 bits per heavy atom. The second kappa shape index (κ2) is 7.28. The number of benzene rings is 1. The summed E-state index contributed by atoms with van der Waals surface area (Å²) in [5.74, 6) is 6.76. The molecule has 0 atom stereocenters. The van der Waals surface area contributed by atoms with Crippen LogP contribution in [-0.4, -0.2) is 26.5 Å². The third-order valence-electron chi connectivity index (χ3n) is 3.68. The normalized spacial score (nSPS) is 10.8. The van der Waals surface area contributed by atoms with Crippen LogP contribution in [0.1, 0.15) is 16.7 Å². The van der Waals surface area contributed by atoms with E-state index in [1.54, 1.807) is 11.3 Å². The summed E-state index contributed by atoms with van der Waals surface area (Å²) in [7, 11) is 0. The number of thioether (sulfide) groups is 1. The number of hydrogen-bond acceptors (Lipinski definition) is 6. The highest BCUT2D eigenvalue weighted by Crippen LogP contribution is 2.26. The summed E-state index contributed by atoms with van der Waals surface area (Å²) in [5.41, 5.74) is 4.15. The van der Waals surface area contributed by atoms with Gasteiger partial charge >= 0.3 is 0 Å². The molecule has 2 aromatic heterocycles. The van der Waals surface area contributed by atoms with Gasteiger partial charge in [0.1, 0.15) is 0 Å². The molecule has 8 heteroatoms. The predicted octanol–water partition coefficient (Wildman–Crippen LogP) is 3.38. The highest BCUT2D eigenvalue weighted by Gasteiger charge is 2.15. The van der Waals surface area contributed by atoms with Gasteiger partial charge in [0.2, 0.25) is 11.1 Å². The van der Waals surface area contributed by atoms with Gasteiger partial charge in [-0.05, 0) is 43.3 Å². The van der Waals surface area contributed by atoms with Crippen LogP contribution in [0.5, 0.6) is 0 Å². The highest BCUT2D eigenvalue weighted by molar-refractivity contribution is 7.99. The second-order valence-electron chi connectivity index (χ2n) is 5.76. The maximum absolute atomic E-state index is 12.3. The first kappa shape index (κ1) is 17.5. The molecular weight excluding hydrogens is 354 g/mol. The number of nitrogen functional groups attached to an aromatic ring is 1. The third kappa shape index (κ3) is 3.85. The smallest absolute Gasteiger partial charge is 0.234 e. The van der Waals surface area contributed by atoms with Crippen molar-refractivity contribution in [1.82, 2.24) is 14.9 Å². The number of nitrogens with one attached hydrogen (secondary N) is 1. The van der Waals surface area contributed by atoms with Crippen molar-refractivity contribution in [2.45, 2.75) is 25.9 Å². The number of amides is 1. The van der Waals surface area contributed by atoms with Gasteiger partial charge in [0.15, 0.2) is 5.82 Å². The van der Waals surface area contributed by atoms with Gasteiger partial charge in [-0.1, -0.05) is 35.5 Å². The Bertz CT molecular complexity index is 879. The average Bonchev–Trinajstić information content (AvgIpc) is 3.18. The minimum atomic E-state index is -0.0965. The van der Waals surface area contributed by atoms with Crippen LogP contribution in [0.4, 0.5) is 5.69 Å². The number of nitrogens with zero attached hydrogens (tertiary/aromatic N) is 3. The van der Waals surface area contributed by atoms with Crippen molar-refractivity contribution in [1.29, 1.82) is 0 Å². The zero-order chi connectivity index (χ0) is 18.0. The summed E-state index contributed by atoms with van der Waals surface area (Å²) in [6.45, 7) is 6.03. The molecule has 0 aliphatic carbocycles. The molecule has 0 saturated carbocycles. The summed E-state index contributed by atoms with van der Waals surface area (Å²) in [5, 5.41) is 13.6. The first-order valence-corrected chi connectivity index (χ1v) is 9.57. The Hall–Kier alpha value is -2.32. The number of carbonyl (C=O) groups is 1. The van der Waals surface area contributed by atoms with Crippen LogP contribution in [-0.2, 0) is 4.79 Å². The first-order chi connectivity index (χ1) is 12.0. The van der Waals surface area contributed by atoms with E-state index in [-0.39, 0.29) is 11.7 Å². The Morgan fingerprint density at radius 2 is 2.00 bits per heavy atom. The highest BCUT2D eigenvalue weighted by atomic mass is 32.2. The van der Waals surface area contributed by atoms with Crippen LogP contribution in [0.25, 0.3) is 10.7 Å². The van der Waals surface area contributed by atoms with Gasteiger partial charge in [-0.25, -0.2) is 4.68 Å². The molecule has 3 N–H and O–H groups in total. The summed E-state index contributed by atoms with van der Waals surface area (Å²) >= 11 is 2.81. The quantitative estimate of drug-likeness (QED) is 0.529. The van der Waals surface area contributed by atoms with E-state index in [0.717, 1.165) is 21.7 Å². The number of hydrogen-bond donors (Lipinski definition) is 2. The molecule has 1 amide bonds. The minimum Gasteiger partial charge on any atom is -0.335 e. The zero-order valence-corrected chi connectivity index (χ0v) is 15.9. The molecule has 0 fully saturated rings. The lowest BCUT2D eigenvalue weighted by atomic mass is 10.1. The topological polar surface area (TPSA) is 85.8 Å². The summed E-state index contributed by atoms with van der Waals surface area (Å²) in [6, 6.07) is 7.97. The number of aromatic nitrogens is 3. The fraction of sp³-hybridized carbons (Fsp3) is 0.235. The van der Waals surface area contributed by atoms with Gasteiger partial charge in [0, 0.05) is 5.69 Å².